The van der Waals surface area contributed by atoms with Crippen molar-refractivity contribution in [3.63, 3.8) is 0 Å². The highest BCUT2D eigenvalue weighted by atomic mass is 16.5. The highest BCUT2D eigenvalue weighted by molar-refractivity contribution is 5.35. The van der Waals surface area contributed by atoms with Gasteiger partial charge < -0.3 is 9.72 Å². The third-order valence-electron chi connectivity index (χ3n) is 1.82. The van der Waals surface area contributed by atoms with Gasteiger partial charge in [-0.25, -0.2) is 0 Å². The molecule has 0 fully saturated rings. The number of nitrogens with one attached hydrogen (secondary N) is 1. The van der Waals surface area contributed by atoms with Crippen molar-refractivity contribution in [1.29, 1.82) is 0 Å². The van der Waals surface area contributed by atoms with Crippen LogP contribution in [0, 0.1) is 0 Å². The third kappa shape index (κ3) is 1.81. The molecule has 2 nitrogen and oxygen atoms in total. The third-order valence-corrected chi connectivity index (χ3v) is 1.82. The van der Waals surface area contributed by atoms with E-state index in [1.807, 2.05) is 19.3 Å². The number of aromatic amines is 1. The molecule has 1 heterocycles. The Bertz CT molecular complexity index is 245. The second-order valence-corrected chi connectivity index (χ2v) is 3.92. The van der Waals surface area contributed by atoms with Crippen molar-refractivity contribution in [2.75, 3.05) is 6.61 Å². The standard InChI is InChI=1S/C10H17NO/c1-5-12-9-7-11-6-8(9)10(2,3)4/h6-7,11H,5H2,1-4H3. The van der Waals surface area contributed by atoms with Gasteiger partial charge in [0.15, 0.2) is 0 Å². The molecule has 0 saturated carbocycles. The van der Waals surface area contributed by atoms with Gasteiger partial charge in [-0.3, -0.25) is 0 Å². The molecule has 1 rings (SSSR count). The summed E-state index contributed by atoms with van der Waals surface area (Å²) < 4.78 is 5.47. The Kier molecular flexibility index (Phi) is 2.46. The average Bonchev–Trinajstić information content (AvgIpc) is 2.34. The quantitative estimate of drug-likeness (QED) is 0.719. The summed E-state index contributed by atoms with van der Waals surface area (Å²) in [6, 6.07) is 0. The first-order chi connectivity index (χ1) is 5.55. The maximum Gasteiger partial charge on any atom is 0.140 e. The van der Waals surface area contributed by atoms with Crippen LogP contribution in [0.4, 0.5) is 0 Å². The van der Waals surface area contributed by atoms with E-state index in [0.29, 0.717) is 0 Å². The monoisotopic (exact) mass is 167 g/mol. The number of aromatic nitrogens is 1. The van der Waals surface area contributed by atoms with E-state index in [4.69, 9.17) is 4.74 Å². The van der Waals surface area contributed by atoms with Gasteiger partial charge in [-0.15, -0.1) is 0 Å². The van der Waals surface area contributed by atoms with Crippen molar-refractivity contribution >= 4 is 0 Å². The van der Waals surface area contributed by atoms with Gasteiger partial charge in [0.05, 0.1) is 6.61 Å². The molecule has 1 aromatic rings. The second-order valence-electron chi connectivity index (χ2n) is 3.92. The maximum absolute atomic E-state index is 5.47. The van der Waals surface area contributed by atoms with Gasteiger partial charge >= 0.3 is 0 Å². The summed E-state index contributed by atoms with van der Waals surface area (Å²) in [5.74, 6) is 0.977. The number of hydrogen-bond donors (Lipinski definition) is 1. The fourth-order valence-corrected chi connectivity index (χ4v) is 1.21. The molecule has 68 valence electrons. The van der Waals surface area contributed by atoms with E-state index in [-0.39, 0.29) is 5.41 Å². The highest BCUT2D eigenvalue weighted by Crippen LogP contribution is 2.30. The molecule has 2 heteroatoms. The van der Waals surface area contributed by atoms with Crippen molar-refractivity contribution in [2.45, 2.75) is 33.1 Å². The predicted octanol–water partition coefficient (Wildman–Crippen LogP) is 2.71. The smallest absolute Gasteiger partial charge is 0.140 e. The summed E-state index contributed by atoms with van der Waals surface area (Å²) in [7, 11) is 0. The fourth-order valence-electron chi connectivity index (χ4n) is 1.21. The lowest BCUT2D eigenvalue weighted by Crippen LogP contribution is -2.11. The zero-order valence-electron chi connectivity index (χ0n) is 8.27. The molecule has 1 aromatic heterocycles. The number of H-pyrrole nitrogens is 1. The molecule has 0 saturated heterocycles. The highest BCUT2D eigenvalue weighted by Gasteiger charge is 2.19. The lowest BCUT2D eigenvalue weighted by atomic mass is 9.89. The summed E-state index contributed by atoms with van der Waals surface area (Å²) in [4.78, 5) is 3.06. The average molecular weight is 167 g/mol. The van der Waals surface area contributed by atoms with Crippen molar-refractivity contribution in [2.24, 2.45) is 0 Å². The van der Waals surface area contributed by atoms with E-state index < -0.39 is 0 Å². The van der Waals surface area contributed by atoms with Gasteiger partial charge in [0, 0.05) is 18.0 Å². The van der Waals surface area contributed by atoms with E-state index in [1.165, 1.54) is 5.56 Å². The zero-order chi connectivity index (χ0) is 9.19. The minimum absolute atomic E-state index is 0.157. The van der Waals surface area contributed by atoms with Crippen molar-refractivity contribution in [3.05, 3.63) is 18.0 Å². The normalized spacial score (nSPS) is 11.7. The van der Waals surface area contributed by atoms with Gasteiger partial charge in [-0.1, -0.05) is 20.8 Å². The van der Waals surface area contributed by atoms with Crippen LogP contribution in [0.1, 0.15) is 33.3 Å². The minimum Gasteiger partial charge on any atom is -0.492 e. The molecule has 0 aliphatic rings. The fraction of sp³-hybridized carbons (Fsp3) is 0.600. The number of hydrogen-bond acceptors (Lipinski definition) is 1. The zero-order valence-corrected chi connectivity index (χ0v) is 8.27. The molecule has 0 unspecified atom stereocenters. The first-order valence-corrected chi connectivity index (χ1v) is 4.35. The van der Waals surface area contributed by atoms with Gasteiger partial charge in [0.1, 0.15) is 5.75 Å². The molecule has 0 bridgehead atoms. The molecular weight excluding hydrogens is 150 g/mol. The maximum atomic E-state index is 5.47. The Morgan fingerprint density at radius 1 is 1.33 bits per heavy atom. The van der Waals surface area contributed by atoms with Gasteiger partial charge in [-0.2, -0.15) is 0 Å². The SMILES string of the molecule is CCOc1c[nH]cc1C(C)(C)C. The van der Waals surface area contributed by atoms with Crippen LogP contribution < -0.4 is 4.74 Å². The Morgan fingerprint density at radius 2 is 2.00 bits per heavy atom. The molecule has 0 aliphatic heterocycles. The van der Waals surface area contributed by atoms with Crippen molar-refractivity contribution in [1.82, 2.24) is 4.98 Å². The van der Waals surface area contributed by atoms with Crippen LogP contribution in [0.2, 0.25) is 0 Å². The summed E-state index contributed by atoms with van der Waals surface area (Å²) in [6.07, 6.45) is 3.91. The molecule has 0 aromatic carbocycles. The van der Waals surface area contributed by atoms with Crippen LogP contribution in [0.15, 0.2) is 12.4 Å². The Morgan fingerprint density at radius 3 is 2.50 bits per heavy atom. The number of rotatable bonds is 2. The predicted molar refractivity (Wildman–Crippen MR) is 50.7 cm³/mol. The van der Waals surface area contributed by atoms with Crippen molar-refractivity contribution in [3.8, 4) is 5.75 Å². The summed E-state index contributed by atoms with van der Waals surface area (Å²) in [5, 5.41) is 0. The van der Waals surface area contributed by atoms with Crippen LogP contribution in [0.5, 0.6) is 5.75 Å². The molecule has 1 N–H and O–H groups in total. The van der Waals surface area contributed by atoms with Crippen LogP contribution >= 0.6 is 0 Å². The Labute approximate surface area is 73.9 Å². The summed E-state index contributed by atoms with van der Waals surface area (Å²) in [6.45, 7) is 9.26. The molecule has 0 atom stereocenters. The first kappa shape index (κ1) is 9.17. The summed E-state index contributed by atoms with van der Waals surface area (Å²) >= 11 is 0. The lowest BCUT2D eigenvalue weighted by molar-refractivity contribution is 0.331. The van der Waals surface area contributed by atoms with E-state index >= 15 is 0 Å². The second kappa shape index (κ2) is 3.21. The van der Waals surface area contributed by atoms with Gasteiger partial charge in [0.25, 0.3) is 0 Å². The topological polar surface area (TPSA) is 25.0 Å². The van der Waals surface area contributed by atoms with Gasteiger partial charge in [0.2, 0.25) is 0 Å². The van der Waals surface area contributed by atoms with E-state index in [0.717, 1.165) is 12.4 Å². The molecule has 0 amide bonds. The molecule has 0 radical (unpaired) electrons. The van der Waals surface area contributed by atoms with Crippen LogP contribution in [0.25, 0.3) is 0 Å². The van der Waals surface area contributed by atoms with Crippen LogP contribution in [0.3, 0.4) is 0 Å². The lowest BCUT2D eigenvalue weighted by Gasteiger charge is -2.18. The van der Waals surface area contributed by atoms with E-state index in [9.17, 15) is 0 Å². The van der Waals surface area contributed by atoms with Gasteiger partial charge in [-0.05, 0) is 12.3 Å². The summed E-state index contributed by atoms with van der Waals surface area (Å²) in [5.41, 5.74) is 1.40. The molecular formula is C10H17NO. The van der Waals surface area contributed by atoms with E-state index in [2.05, 4.69) is 25.8 Å². The minimum atomic E-state index is 0.157. The first-order valence-electron chi connectivity index (χ1n) is 4.35. The van der Waals surface area contributed by atoms with Crippen LogP contribution in [-0.4, -0.2) is 11.6 Å². The molecule has 0 spiro atoms. The Balaban J connectivity index is 2.91. The number of ether oxygens (including phenoxy) is 1. The van der Waals surface area contributed by atoms with E-state index in [1.54, 1.807) is 0 Å². The van der Waals surface area contributed by atoms with Crippen molar-refractivity contribution < 1.29 is 4.74 Å². The molecule has 12 heavy (non-hydrogen) atoms. The Hall–Kier alpha value is -0.920. The van der Waals surface area contributed by atoms with Crippen LogP contribution in [-0.2, 0) is 5.41 Å². The largest absolute Gasteiger partial charge is 0.492 e. The molecule has 0 aliphatic carbocycles.